The summed E-state index contributed by atoms with van der Waals surface area (Å²) in [5.74, 6) is -1.52. The number of thiophene rings is 1. The minimum absolute atomic E-state index is 0.136. The van der Waals surface area contributed by atoms with E-state index in [1.54, 1.807) is 37.3 Å². The van der Waals surface area contributed by atoms with Gasteiger partial charge in [0.1, 0.15) is 5.00 Å². The summed E-state index contributed by atoms with van der Waals surface area (Å²) in [7, 11) is 1.24. The fourth-order valence-corrected chi connectivity index (χ4v) is 4.20. The van der Waals surface area contributed by atoms with Crippen LogP contribution in [0, 0.1) is 13.8 Å². The number of anilines is 2. The van der Waals surface area contributed by atoms with Gasteiger partial charge in [0, 0.05) is 5.69 Å². The zero-order valence-electron chi connectivity index (χ0n) is 16.5. The van der Waals surface area contributed by atoms with E-state index in [0.29, 0.717) is 16.1 Å². The lowest BCUT2D eigenvalue weighted by molar-refractivity contribution is 0.0601. The molecule has 0 saturated heterocycles. The monoisotopic (exact) mass is 442 g/mol. The molecule has 2 amide bonds. The Balaban J connectivity index is 1.95. The molecule has 0 spiro atoms. The number of carbonyl (C=O) groups excluding carboxylic acids is 3. The summed E-state index contributed by atoms with van der Waals surface area (Å²) in [6.45, 7) is 3.56. The summed E-state index contributed by atoms with van der Waals surface area (Å²) in [6.07, 6.45) is 0. The van der Waals surface area contributed by atoms with Crippen molar-refractivity contribution >= 4 is 51.4 Å². The minimum Gasteiger partial charge on any atom is -0.465 e. The molecule has 0 bridgehead atoms. The van der Waals surface area contributed by atoms with Crippen molar-refractivity contribution in [2.24, 2.45) is 0 Å². The highest BCUT2D eigenvalue weighted by Crippen LogP contribution is 2.35. The fraction of sp³-hybridized carbons (Fsp3) is 0.136. The van der Waals surface area contributed by atoms with Crippen LogP contribution >= 0.6 is 22.9 Å². The first-order valence-electron chi connectivity index (χ1n) is 8.97. The van der Waals surface area contributed by atoms with Gasteiger partial charge in [0.05, 0.1) is 28.1 Å². The van der Waals surface area contributed by atoms with Crippen LogP contribution in [0.4, 0.5) is 10.7 Å². The molecule has 2 N–H and O–H groups in total. The number of amides is 2. The number of halogens is 1. The molecule has 0 aliphatic carbocycles. The number of methoxy groups -OCH3 is 1. The van der Waals surface area contributed by atoms with Gasteiger partial charge in [0.25, 0.3) is 11.8 Å². The van der Waals surface area contributed by atoms with Crippen molar-refractivity contribution in [1.29, 1.82) is 0 Å². The van der Waals surface area contributed by atoms with E-state index in [2.05, 4.69) is 10.6 Å². The molecule has 6 nitrogen and oxygen atoms in total. The zero-order chi connectivity index (χ0) is 21.8. The van der Waals surface area contributed by atoms with Crippen molar-refractivity contribution in [2.75, 3.05) is 17.7 Å². The van der Waals surface area contributed by atoms with Crippen molar-refractivity contribution in [3.05, 3.63) is 80.7 Å². The van der Waals surface area contributed by atoms with Gasteiger partial charge in [-0.2, -0.15) is 0 Å². The van der Waals surface area contributed by atoms with Crippen LogP contribution in [0.5, 0.6) is 0 Å². The van der Waals surface area contributed by atoms with E-state index >= 15 is 0 Å². The van der Waals surface area contributed by atoms with Crippen molar-refractivity contribution in [3.63, 3.8) is 0 Å². The van der Waals surface area contributed by atoms with E-state index < -0.39 is 11.9 Å². The molecule has 154 valence electrons. The summed E-state index contributed by atoms with van der Waals surface area (Å²) in [5, 5.41) is 6.00. The number of esters is 1. The molecule has 30 heavy (non-hydrogen) atoms. The Morgan fingerprint density at radius 2 is 1.70 bits per heavy atom. The van der Waals surface area contributed by atoms with Gasteiger partial charge in [0.15, 0.2) is 0 Å². The maximum absolute atomic E-state index is 12.8. The first-order valence-corrected chi connectivity index (χ1v) is 10.2. The molecule has 0 aliphatic heterocycles. The van der Waals surface area contributed by atoms with Crippen molar-refractivity contribution in [2.45, 2.75) is 13.8 Å². The molecule has 0 radical (unpaired) electrons. The molecule has 1 heterocycles. The SMILES string of the molecule is COC(=O)c1c(NC(=O)c2ccccc2Cl)sc(C(=O)Nc2cccc(C)c2)c1C. The lowest BCUT2D eigenvalue weighted by Gasteiger charge is -2.07. The van der Waals surface area contributed by atoms with Crippen molar-refractivity contribution in [3.8, 4) is 0 Å². The molecular formula is C22H19ClN2O4S. The molecule has 0 fully saturated rings. The quantitative estimate of drug-likeness (QED) is 0.524. The maximum atomic E-state index is 12.8. The average molecular weight is 443 g/mol. The van der Waals surface area contributed by atoms with E-state index in [-0.39, 0.29) is 27.1 Å². The number of carbonyl (C=O) groups is 3. The van der Waals surface area contributed by atoms with E-state index in [0.717, 1.165) is 16.9 Å². The molecule has 1 aromatic heterocycles. The van der Waals surface area contributed by atoms with Gasteiger partial charge in [0.2, 0.25) is 0 Å². The van der Waals surface area contributed by atoms with Crippen LogP contribution in [-0.2, 0) is 4.74 Å². The number of benzene rings is 2. The Kier molecular flexibility index (Phi) is 6.54. The van der Waals surface area contributed by atoms with Gasteiger partial charge < -0.3 is 15.4 Å². The fourth-order valence-electron chi connectivity index (χ4n) is 2.89. The van der Waals surface area contributed by atoms with Gasteiger partial charge in [-0.1, -0.05) is 35.9 Å². The average Bonchev–Trinajstić information content (AvgIpc) is 3.03. The Hall–Kier alpha value is -3.16. The standard InChI is InChI=1S/C22H19ClN2O4S/c1-12-7-6-8-14(11-12)24-20(27)18-13(2)17(22(28)29-3)21(30-18)25-19(26)15-9-4-5-10-16(15)23/h4-11H,1-3H3,(H,24,27)(H,25,26). The summed E-state index contributed by atoms with van der Waals surface area (Å²) in [6, 6.07) is 13.9. The highest BCUT2D eigenvalue weighted by atomic mass is 35.5. The molecule has 2 aromatic carbocycles. The van der Waals surface area contributed by atoms with Gasteiger partial charge >= 0.3 is 5.97 Å². The summed E-state index contributed by atoms with van der Waals surface area (Å²) < 4.78 is 4.85. The summed E-state index contributed by atoms with van der Waals surface area (Å²) in [4.78, 5) is 38.2. The zero-order valence-corrected chi connectivity index (χ0v) is 18.1. The number of hydrogen-bond acceptors (Lipinski definition) is 5. The predicted molar refractivity (Wildman–Crippen MR) is 119 cm³/mol. The van der Waals surface area contributed by atoms with Gasteiger partial charge in [-0.05, 0) is 49.2 Å². The smallest absolute Gasteiger partial charge is 0.341 e. The molecule has 0 saturated carbocycles. The van der Waals surface area contributed by atoms with Gasteiger partial charge in [-0.3, -0.25) is 9.59 Å². The molecule has 0 unspecified atom stereocenters. The highest BCUT2D eigenvalue weighted by molar-refractivity contribution is 7.19. The third-order valence-electron chi connectivity index (χ3n) is 4.36. The molecule has 3 rings (SSSR count). The van der Waals surface area contributed by atoms with E-state index in [4.69, 9.17) is 16.3 Å². The highest BCUT2D eigenvalue weighted by Gasteiger charge is 2.27. The second-order valence-corrected chi connectivity index (χ2v) is 7.94. The summed E-state index contributed by atoms with van der Waals surface area (Å²) >= 11 is 7.09. The number of aryl methyl sites for hydroxylation is 1. The topological polar surface area (TPSA) is 84.5 Å². The van der Waals surface area contributed by atoms with Crippen molar-refractivity contribution < 1.29 is 19.1 Å². The molecule has 0 atom stereocenters. The van der Waals surface area contributed by atoms with Crippen LogP contribution in [0.3, 0.4) is 0 Å². The van der Waals surface area contributed by atoms with Gasteiger partial charge in [-0.25, -0.2) is 4.79 Å². The number of nitrogens with one attached hydrogen (secondary N) is 2. The van der Waals surface area contributed by atoms with Gasteiger partial charge in [-0.15, -0.1) is 11.3 Å². The summed E-state index contributed by atoms with van der Waals surface area (Å²) in [5.41, 5.74) is 2.45. The Morgan fingerprint density at radius 3 is 2.37 bits per heavy atom. The van der Waals surface area contributed by atoms with E-state index in [1.165, 1.54) is 7.11 Å². The van der Waals surface area contributed by atoms with Crippen LogP contribution in [-0.4, -0.2) is 24.9 Å². The molecule has 0 aliphatic rings. The Bertz CT molecular complexity index is 1140. The maximum Gasteiger partial charge on any atom is 0.341 e. The molecule has 8 heteroatoms. The van der Waals surface area contributed by atoms with Crippen LogP contribution in [0.2, 0.25) is 5.02 Å². The van der Waals surface area contributed by atoms with Crippen LogP contribution < -0.4 is 10.6 Å². The second-order valence-electron chi connectivity index (χ2n) is 6.51. The van der Waals surface area contributed by atoms with Crippen LogP contribution in [0.1, 0.15) is 41.5 Å². The predicted octanol–water partition coefficient (Wildman–Crippen LogP) is 5.31. The third kappa shape index (κ3) is 4.53. The third-order valence-corrected chi connectivity index (χ3v) is 5.90. The number of rotatable bonds is 5. The van der Waals surface area contributed by atoms with Crippen LogP contribution in [0.15, 0.2) is 48.5 Å². The first kappa shape index (κ1) is 21.5. The molecule has 3 aromatic rings. The Labute approximate surface area is 182 Å². The van der Waals surface area contributed by atoms with Crippen LogP contribution in [0.25, 0.3) is 0 Å². The molecular weight excluding hydrogens is 424 g/mol. The minimum atomic E-state index is -0.646. The number of ether oxygens (including phenoxy) is 1. The largest absolute Gasteiger partial charge is 0.465 e. The Morgan fingerprint density at radius 1 is 0.967 bits per heavy atom. The number of hydrogen-bond donors (Lipinski definition) is 2. The van der Waals surface area contributed by atoms with Crippen molar-refractivity contribution in [1.82, 2.24) is 0 Å². The lowest BCUT2D eigenvalue weighted by Crippen LogP contribution is -2.14. The van der Waals surface area contributed by atoms with E-state index in [1.807, 2.05) is 25.1 Å². The lowest BCUT2D eigenvalue weighted by atomic mass is 10.1. The first-order chi connectivity index (χ1) is 14.3. The normalized spacial score (nSPS) is 10.4. The van der Waals surface area contributed by atoms with E-state index in [9.17, 15) is 14.4 Å². The second kappa shape index (κ2) is 9.11.